The molecule has 1 atom stereocenters. The van der Waals surface area contributed by atoms with E-state index in [1.54, 1.807) is 4.90 Å². The second kappa shape index (κ2) is 7.45. The second-order valence-corrected chi connectivity index (χ2v) is 8.26. The largest absolute Gasteiger partial charge is 0.450 e. The summed E-state index contributed by atoms with van der Waals surface area (Å²) in [5, 5.41) is 0.133. The molecule has 1 amide bonds. The van der Waals surface area contributed by atoms with Crippen molar-refractivity contribution in [2.75, 3.05) is 4.90 Å². The van der Waals surface area contributed by atoms with Gasteiger partial charge in [0.1, 0.15) is 11.4 Å². The van der Waals surface area contributed by atoms with E-state index in [0.29, 0.717) is 5.69 Å². The van der Waals surface area contributed by atoms with Crippen LogP contribution in [0.15, 0.2) is 69.9 Å². The van der Waals surface area contributed by atoms with Gasteiger partial charge in [-0.25, -0.2) is 4.39 Å². The minimum atomic E-state index is -0.658. The molecule has 0 saturated heterocycles. The molecule has 2 heterocycles. The molecule has 0 bridgehead atoms. The van der Waals surface area contributed by atoms with Gasteiger partial charge in [0, 0.05) is 5.69 Å². The van der Waals surface area contributed by atoms with Gasteiger partial charge >= 0.3 is 0 Å². The summed E-state index contributed by atoms with van der Waals surface area (Å²) in [5.41, 5.74) is 4.85. The number of aryl methyl sites for hydroxylation is 3. The zero-order valence-electron chi connectivity index (χ0n) is 18.1. The molecule has 0 radical (unpaired) electrons. The van der Waals surface area contributed by atoms with Crippen molar-refractivity contribution in [3.8, 4) is 0 Å². The molecule has 32 heavy (non-hydrogen) atoms. The summed E-state index contributed by atoms with van der Waals surface area (Å²) in [6.45, 7) is 6.06. The molecule has 5 rings (SSSR count). The predicted octanol–water partition coefficient (Wildman–Crippen LogP) is 5.86. The van der Waals surface area contributed by atoms with Crippen molar-refractivity contribution < 1.29 is 13.6 Å². The number of hydrogen-bond donors (Lipinski definition) is 0. The monoisotopic (exact) mass is 427 g/mol. The van der Waals surface area contributed by atoms with E-state index in [1.807, 2.05) is 56.3 Å². The SMILES string of the molecule is CCc1ccc(C2c3c(oc4ccc(F)cc4c3=O)C(=O)N2c2ccc(C)c(C)c2)cc1. The van der Waals surface area contributed by atoms with Crippen LogP contribution in [-0.4, -0.2) is 5.91 Å². The summed E-state index contributed by atoms with van der Waals surface area (Å²) < 4.78 is 19.8. The van der Waals surface area contributed by atoms with Gasteiger partial charge in [0.15, 0.2) is 5.43 Å². The molecule has 4 nitrogen and oxygen atoms in total. The Morgan fingerprint density at radius 2 is 1.69 bits per heavy atom. The van der Waals surface area contributed by atoms with Crippen molar-refractivity contribution in [3.63, 3.8) is 0 Å². The highest BCUT2D eigenvalue weighted by Gasteiger charge is 2.43. The van der Waals surface area contributed by atoms with Crippen molar-refractivity contribution in [1.29, 1.82) is 0 Å². The Bertz CT molecular complexity index is 1440. The first-order chi connectivity index (χ1) is 15.4. The second-order valence-electron chi connectivity index (χ2n) is 8.26. The molecular weight excluding hydrogens is 405 g/mol. The third-order valence-electron chi connectivity index (χ3n) is 6.30. The van der Waals surface area contributed by atoms with Crippen molar-refractivity contribution in [2.45, 2.75) is 33.2 Å². The number of hydrogen-bond acceptors (Lipinski definition) is 3. The van der Waals surface area contributed by atoms with E-state index in [2.05, 4.69) is 6.92 Å². The zero-order valence-corrected chi connectivity index (χ0v) is 18.1. The molecule has 5 heteroatoms. The van der Waals surface area contributed by atoms with E-state index in [9.17, 15) is 14.0 Å². The van der Waals surface area contributed by atoms with E-state index < -0.39 is 11.9 Å². The van der Waals surface area contributed by atoms with Gasteiger partial charge in [-0.3, -0.25) is 14.5 Å². The van der Waals surface area contributed by atoms with Crippen LogP contribution >= 0.6 is 0 Å². The van der Waals surface area contributed by atoms with Crippen molar-refractivity contribution in [1.82, 2.24) is 0 Å². The summed E-state index contributed by atoms with van der Waals surface area (Å²) >= 11 is 0. The van der Waals surface area contributed by atoms with E-state index in [0.717, 1.165) is 28.7 Å². The third kappa shape index (κ3) is 3.04. The number of fused-ring (bicyclic) bond motifs is 2. The van der Waals surface area contributed by atoms with Crippen LogP contribution in [0.5, 0.6) is 0 Å². The fourth-order valence-corrected chi connectivity index (χ4v) is 4.34. The number of rotatable bonds is 3. The predicted molar refractivity (Wildman–Crippen MR) is 123 cm³/mol. The summed E-state index contributed by atoms with van der Waals surface area (Å²) in [6, 6.07) is 16.8. The first-order valence-electron chi connectivity index (χ1n) is 10.6. The Hall–Kier alpha value is -3.73. The van der Waals surface area contributed by atoms with Crippen molar-refractivity contribution in [2.24, 2.45) is 0 Å². The Balaban J connectivity index is 1.80. The molecule has 0 saturated carbocycles. The molecule has 0 fully saturated rings. The van der Waals surface area contributed by atoms with Crippen LogP contribution in [0.2, 0.25) is 0 Å². The fourth-order valence-electron chi connectivity index (χ4n) is 4.34. The average Bonchev–Trinajstić information content (AvgIpc) is 3.09. The lowest BCUT2D eigenvalue weighted by Crippen LogP contribution is -2.29. The maximum Gasteiger partial charge on any atom is 0.295 e. The van der Waals surface area contributed by atoms with Crippen LogP contribution in [0.3, 0.4) is 0 Å². The maximum atomic E-state index is 13.9. The molecule has 1 aromatic heterocycles. The number of halogens is 1. The lowest BCUT2D eigenvalue weighted by molar-refractivity contribution is 0.0971. The molecule has 1 aliphatic rings. The van der Waals surface area contributed by atoms with Crippen LogP contribution in [0.25, 0.3) is 11.0 Å². The average molecular weight is 427 g/mol. The Morgan fingerprint density at radius 1 is 0.938 bits per heavy atom. The zero-order chi connectivity index (χ0) is 22.6. The molecule has 4 aromatic rings. The summed E-state index contributed by atoms with van der Waals surface area (Å²) in [5.74, 6) is -0.892. The van der Waals surface area contributed by atoms with Gasteiger partial charge in [0.05, 0.1) is 17.0 Å². The standard InChI is InChI=1S/C27H22FNO3/c1-4-17-6-8-18(9-7-17)24-23-25(30)21-14-19(28)10-12-22(21)32-26(23)27(31)29(24)20-11-5-15(2)16(3)13-20/h5-14,24H,4H2,1-3H3. The normalized spacial score (nSPS) is 15.4. The lowest BCUT2D eigenvalue weighted by atomic mass is 9.96. The molecule has 160 valence electrons. The minimum absolute atomic E-state index is 0.0110. The number of carbonyl (C=O) groups excluding carboxylic acids is 1. The van der Waals surface area contributed by atoms with Crippen LogP contribution in [0, 0.1) is 19.7 Å². The molecule has 0 aliphatic carbocycles. The highest BCUT2D eigenvalue weighted by atomic mass is 19.1. The van der Waals surface area contributed by atoms with Gasteiger partial charge in [-0.1, -0.05) is 37.3 Å². The summed E-state index contributed by atoms with van der Waals surface area (Å²) in [4.78, 5) is 28.7. The fraction of sp³-hybridized carbons (Fsp3) is 0.185. The molecule has 3 aromatic carbocycles. The number of benzene rings is 3. The summed E-state index contributed by atoms with van der Waals surface area (Å²) in [6.07, 6.45) is 0.882. The van der Waals surface area contributed by atoms with Crippen LogP contribution in [0.4, 0.5) is 10.1 Å². The Kier molecular flexibility index (Phi) is 4.70. The first kappa shape index (κ1) is 20.2. The number of carbonyl (C=O) groups is 1. The van der Waals surface area contributed by atoms with E-state index >= 15 is 0 Å². The van der Waals surface area contributed by atoms with Gasteiger partial charge in [-0.05, 0) is 72.9 Å². The van der Waals surface area contributed by atoms with E-state index in [4.69, 9.17) is 4.42 Å². The Morgan fingerprint density at radius 3 is 2.38 bits per heavy atom. The number of anilines is 1. The molecule has 0 spiro atoms. The maximum absolute atomic E-state index is 13.9. The third-order valence-corrected chi connectivity index (χ3v) is 6.30. The minimum Gasteiger partial charge on any atom is -0.450 e. The van der Waals surface area contributed by atoms with E-state index in [-0.39, 0.29) is 33.6 Å². The highest BCUT2D eigenvalue weighted by Crippen LogP contribution is 2.41. The molecular formula is C27H22FNO3. The van der Waals surface area contributed by atoms with Crippen molar-refractivity contribution in [3.05, 3.63) is 110 Å². The number of amides is 1. The van der Waals surface area contributed by atoms with Gasteiger partial charge in [0.25, 0.3) is 5.91 Å². The summed E-state index contributed by atoms with van der Waals surface area (Å²) in [7, 11) is 0. The topological polar surface area (TPSA) is 50.5 Å². The van der Waals surface area contributed by atoms with Crippen LogP contribution in [-0.2, 0) is 6.42 Å². The van der Waals surface area contributed by atoms with Gasteiger partial charge < -0.3 is 4.42 Å². The first-order valence-corrected chi connectivity index (χ1v) is 10.6. The van der Waals surface area contributed by atoms with Gasteiger partial charge in [0.2, 0.25) is 5.76 Å². The van der Waals surface area contributed by atoms with Gasteiger partial charge in [-0.2, -0.15) is 0 Å². The van der Waals surface area contributed by atoms with Crippen LogP contribution < -0.4 is 10.3 Å². The lowest BCUT2D eigenvalue weighted by Gasteiger charge is -2.26. The van der Waals surface area contributed by atoms with Gasteiger partial charge in [-0.15, -0.1) is 0 Å². The molecule has 1 unspecified atom stereocenters. The van der Waals surface area contributed by atoms with Crippen LogP contribution in [0.1, 0.15) is 51.3 Å². The highest BCUT2D eigenvalue weighted by molar-refractivity contribution is 6.10. The quantitative estimate of drug-likeness (QED) is 0.411. The number of nitrogens with zero attached hydrogens (tertiary/aromatic N) is 1. The van der Waals surface area contributed by atoms with E-state index in [1.165, 1.54) is 18.2 Å². The smallest absolute Gasteiger partial charge is 0.295 e. The van der Waals surface area contributed by atoms with Crippen molar-refractivity contribution >= 4 is 22.6 Å². The molecule has 0 N–H and O–H groups in total. The Labute approximate surface area is 184 Å². The molecule has 1 aliphatic heterocycles.